The van der Waals surface area contributed by atoms with Crippen LogP contribution >= 0.6 is 15.9 Å². The van der Waals surface area contributed by atoms with Crippen molar-refractivity contribution in [1.29, 1.82) is 5.41 Å². The van der Waals surface area contributed by atoms with Gasteiger partial charge in [0, 0.05) is 5.56 Å². The highest BCUT2D eigenvalue weighted by molar-refractivity contribution is 9.10. The van der Waals surface area contributed by atoms with Crippen molar-refractivity contribution in [3.8, 4) is 0 Å². The van der Waals surface area contributed by atoms with Crippen molar-refractivity contribution >= 4 is 33.7 Å². The predicted molar refractivity (Wildman–Crippen MR) is 49.2 cm³/mol. The third-order valence-electron chi connectivity index (χ3n) is 1.30. The van der Waals surface area contributed by atoms with Gasteiger partial charge in [-0.3, -0.25) is 10.2 Å². The molecule has 0 aromatic carbocycles. The van der Waals surface area contributed by atoms with E-state index < -0.39 is 0 Å². The van der Waals surface area contributed by atoms with Crippen LogP contribution in [-0.4, -0.2) is 17.0 Å². The van der Waals surface area contributed by atoms with Crippen LogP contribution in [0.1, 0.15) is 5.56 Å². The Morgan fingerprint density at radius 2 is 2.33 bits per heavy atom. The van der Waals surface area contributed by atoms with Gasteiger partial charge in [-0.25, -0.2) is 4.98 Å². The normalized spacial score (nSPS) is 9.42. The van der Waals surface area contributed by atoms with Crippen molar-refractivity contribution in [1.82, 2.24) is 4.98 Å². The molecule has 0 aliphatic carbocycles. The number of aromatic nitrogens is 1. The maximum Gasteiger partial charge on any atom is 0.168 e. The number of aldehydes is 1. The van der Waals surface area contributed by atoms with Gasteiger partial charge in [-0.05, 0) is 28.1 Å². The molecular formula is C7H6BrN3O. The first-order valence-corrected chi connectivity index (χ1v) is 3.90. The largest absolute Gasteiger partial charge is 0.383 e. The van der Waals surface area contributed by atoms with E-state index in [1.807, 2.05) is 0 Å². The summed E-state index contributed by atoms with van der Waals surface area (Å²) in [5.74, 6) is 0.182. The van der Waals surface area contributed by atoms with Gasteiger partial charge in [-0.1, -0.05) is 0 Å². The molecule has 0 unspecified atom stereocenters. The van der Waals surface area contributed by atoms with Crippen molar-refractivity contribution in [3.05, 3.63) is 22.3 Å². The Morgan fingerprint density at radius 1 is 1.67 bits per heavy atom. The molecule has 0 spiro atoms. The molecule has 0 amide bonds. The van der Waals surface area contributed by atoms with E-state index in [1.165, 1.54) is 0 Å². The van der Waals surface area contributed by atoms with Crippen LogP contribution in [-0.2, 0) is 4.79 Å². The third-order valence-corrected chi connectivity index (χ3v) is 1.74. The number of hydrogen-bond acceptors (Lipinski definition) is 4. The maximum atomic E-state index is 10.2. The molecule has 1 aromatic heterocycles. The summed E-state index contributed by atoms with van der Waals surface area (Å²) in [6.07, 6.45) is 0.432. The molecule has 0 aliphatic heterocycles. The average Bonchev–Trinajstić information content (AvgIpc) is 2.03. The van der Waals surface area contributed by atoms with E-state index in [1.54, 1.807) is 12.1 Å². The minimum absolute atomic E-state index is 0.160. The van der Waals surface area contributed by atoms with Crippen LogP contribution in [0.4, 0.5) is 5.82 Å². The first-order valence-electron chi connectivity index (χ1n) is 3.11. The van der Waals surface area contributed by atoms with E-state index in [4.69, 9.17) is 11.1 Å². The second-order valence-electron chi connectivity index (χ2n) is 2.10. The lowest BCUT2D eigenvalue weighted by Crippen LogP contribution is -2.06. The fraction of sp³-hybridized carbons (Fsp3) is 0. The Morgan fingerprint density at radius 3 is 2.83 bits per heavy atom. The molecule has 0 saturated carbocycles. The molecule has 62 valence electrons. The monoisotopic (exact) mass is 227 g/mol. The molecule has 5 heteroatoms. The number of halogens is 1. The van der Waals surface area contributed by atoms with Crippen molar-refractivity contribution in [2.75, 3.05) is 5.73 Å². The second-order valence-corrected chi connectivity index (χ2v) is 2.91. The van der Waals surface area contributed by atoms with Gasteiger partial charge in [-0.15, -0.1) is 0 Å². The highest BCUT2D eigenvalue weighted by atomic mass is 79.9. The van der Waals surface area contributed by atoms with Crippen LogP contribution in [0.25, 0.3) is 0 Å². The molecule has 1 rings (SSSR count). The topological polar surface area (TPSA) is 79.8 Å². The Hall–Kier alpha value is -1.23. The number of nitrogen functional groups attached to an aromatic ring is 1. The fourth-order valence-corrected chi connectivity index (χ4v) is 1.06. The zero-order valence-corrected chi connectivity index (χ0v) is 7.63. The molecule has 0 saturated heterocycles. The number of pyridine rings is 1. The number of hydrogen-bond donors (Lipinski definition) is 2. The van der Waals surface area contributed by atoms with Gasteiger partial charge in [0.05, 0.1) is 0 Å². The summed E-state index contributed by atoms with van der Waals surface area (Å²) < 4.78 is 0.586. The number of rotatable bonds is 2. The number of anilines is 1. The van der Waals surface area contributed by atoms with Crippen LogP contribution in [0, 0.1) is 5.41 Å². The average molecular weight is 228 g/mol. The lowest BCUT2D eigenvalue weighted by Gasteiger charge is -2.00. The number of nitrogens with two attached hydrogens (primary N) is 1. The van der Waals surface area contributed by atoms with E-state index in [0.29, 0.717) is 16.5 Å². The summed E-state index contributed by atoms with van der Waals surface area (Å²) in [5, 5.41) is 7.19. The third kappa shape index (κ3) is 1.68. The van der Waals surface area contributed by atoms with Crippen LogP contribution in [0.5, 0.6) is 0 Å². The lowest BCUT2D eigenvalue weighted by atomic mass is 10.2. The summed E-state index contributed by atoms with van der Waals surface area (Å²) in [4.78, 5) is 14.1. The Bertz CT molecular complexity index is 337. The molecule has 12 heavy (non-hydrogen) atoms. The Balaban J connectivity index is 3.18. The number of nitrogens with one attached hydrogen (secondary N) is 1. The summed E-state index contributed by atoms with van der Waals surface area (Å²) in [6, 6.07) is 3.20. The molecule has 0 aliphatic rings. The number of carbonyl (C=O) groups is 1. The number of carbonyl (C=O) groups excluding carboxylic acids is 1. The van der Waals surface area contributed by atoms with Gasteiger partial charge in [0.2, 0.25) is 0 Å². The zero-order valence-electron chi connectivity index (χ0n) is 6.04. The molecular weight excluding hydrogens is 222 g/mol. The van der Waals surface area contributed by atoms with E-state index in [0.717, 1.165) is 0 Å². The first-order chi connectivity index (χ1) is 5.65. The van der Waals surface area contributed by atoms with Crippen molar-refractivity contribution < 1.29 is 4.79 Å². The molecule has 4 nitrogen and oxygen atoms in total. The van der Waals surface area contributed by atoms with Gasteiger partial charge in [0.15, 0.2) is 6.29 Å². The molecule has 1 aromatic rings. The van der Waals surface area contributed by atoms with Gasteiger partial charge < -0.3 is 5.73 Å². The fourth-order valence-electron chi connectivity index (χ4n) is 0.741. The van der Waals surface area contributed by atoms with Gasteiger partial charge >= 0.3 is 0 Å². The van der Waals surface area contributed by atoms with Crippen molar-refractivity contribution in [2.45, 2.75) is 0 Å². The zero-order chi connectivity index (χ0) is 9.14. The smallest absolute Gasteiger partial charge is 0.168 e. The summed E-state index contributed by atoms with van der Waals surface area (Å²) in [6.45, 7) is 0. The van der Waals surface area contributed by atoms with Crippen LogP contribution in [0.3, 0.4) is 0 Å². The molecule has 1 heterocycles. The van der Waals surface area contributed by atoms with E-state index in [2.05, 4.69) is 20.9 Å². The lowest BCUT2D eigenvalue weighted by molar-refractivity contribution is -0.102. The summed E-state index contributed by atoms with van der Waals surface area (Å²) in [7, 11) is 0. The maximum absolute atomic E-state index is 10.2. The van der Waals surface area contributed by atoms with Gasteiger partial charge in [0.1, 0.15) is 16.1 Å². The van der Waals surface area contributed by atoms with Gasteiger partial charge in [-0.2, -0.15) is 0 Å². The molecule has 3 N–H and O–H groups in total. The van der Waals surface area contributed by atoms with Crippen LogP contribution in [0.15, 0.2) is 16.7 Å². The van der Waals surface area contributed by atoms with Crippen molar-refractivity contribution in [3.63, 3.8) is 0 Å². The molecule has 0 radical (unpaired) electrons. The molecule has 0 atom stereocenters. The first kappa shape index (κ1) is 8.86. The molecule has 0 bridgehead atoms. The predicted octanol–water partition coefficient (Wildman–Crippen LogP) is 0.993. The standard InChI is InChI=1S/C7H6BrN3O/c8-6-2-1-4(5(9)3-12)7(10)11-6/h1-3,9H,(H2,10,11). The quantitative estimate of drug-likeness (QED) is 0.450. The summed E-state index contributed by atoms with van der Waals surface area (Å²) >= 11 is 3.12. The Labute approximate surface area is 77.4 Å². The minimum atomic E-state index is -0.160. The van der Waals surface area contributed by atoms with Crippen LogP contribution < -0.4 is 5.73 Å². The highest BCUT2D eigenvalue weighted by Crippen LogP contribution is 2.13. The van der Waals surface area contributed by atoms with E-state index >= 15 is 0 Å². The van der Waals surface area contributed by atoms with E-state index in [9.17, 15) is 4.79 Å². The second kappa shape index (κ2) is 3.44. The Kier molecular flexibility index (Phi) is 2.54. The minimum Gasteiger partial charge on any atom is -0.383 e. The molecule has 0 fully saturated rings. The van der Waals surface area contributed by atoms with Gasteiger partial charge in [0.25, 0.3) is 0 Å². The SMILES string of the molecule is N=C(C=O)c1ccc(Br)nc1N. The van der Waals surface area contributed by atoms with Crippen molar-refractivity contribution in [2.24, 2.45) is 0 Å². The van der Waals surface area contributed by atoms with E-state index in [-0.39, 0.29) is 11.5 Å². The highest BCUT2D eigenvalue weighted by Gasteiger charge is 2.05. The number of nitrogens with zero attached hydrogens (tertiary/aromatic N) is 1. The van der Waals surface area contributed by atoms with Crippen LogP contribution in [0.2, 0.25) is 0 Å². The summed E-state index contributed by atoms with van der Waals surface area (Å²) in [5.41, 5.74) is 5.65.